The summed E-state index contributed by atoms with van der Waals surface area (Å²) in [6.45, 7) is 6.65. The van der Waals surface area contributed by atoms with Gasteiger partial charge in [-0.1, -0.05) is 20.8 Å². The van der Waals surface area contributed by atoms with Crippen LogP contribution >= 0.6 is 11.6 Å². The van der Waals surface area contributed by atoms with Gasteiger partial charge in [-0.15, -0.1) is 11.6 Å². The third-order valence-corrected chi connectivity index (χ3v) is 3.66. The molecule has 0 amide bonds. The molecule has 1 aromatic rings. The number of rotatable bonds is 4. The van der Waals surface area contributed by atoms with Crippen molar-refractivity contribution in [1.82, 2.24) is 9.78 Å². The lowest BCUT2D eigenvalue weighted by Gasteiger charge is -2.30. The SMILES string of the molecule is CC(C)C(C)(CCl)Cc1ccn(C)n1. The van der Waals surface area contributed by atoms with E-state index in [-0.39, 0.29) is 5.41 Å². The molecule has 0 spiro atoms. The number of alkyl halides is 1. The van der Waals surface area contributed by atoms with Crippen molar-refractivity contribution in [2.45, 2.75) is 27.2 Å². The van der Waals surface area contributed by atoms with E-state index in [0.717, 1.165) is 12.1 Å². The van der Waals surface area contributed by atoms with Crippen molar-refractivity contribution in [2.24, 2.45) is 18.4 Å². The van der Waals surface area contributed by atoms with Crippen molar-refractivity contribution in [3.63, 3.8) is 0 Å². The van der Waals surface area contributed by atoms with Gasteiger partial charge < -0.3 is 0 Å². The number of aromatic nitrogens is 2. The van der Waals surface area contributed by atoms with Crippen LogP contribution in [0.2, 0.25) is 0 Å². The minimum atomic E-state index is 0.149. The second-order valence-corrected chi connectivity index (χ2v) is 4.87. The van der Waals surface area contributed by atoms with Gasteiger partial charge in [-0.25, -0.2) is 0 Å². The molecule has 0 fully saturated rings. The van der Waals surface area contributed by atoms with Gasteiger partial charge in [-0.05, 0) is 23.8 Å². The first kappa shape index (κ1) is 11.6. The van der Waals surface area contributed by atoms with E-state index in [1.54, 1.807) is 0 Å². The molecule has 0 N–H and O–H groups in total. The van der Waals surface area contributed by atoms with Crippen LogP contribution in [0.15, 0.2) is 12.3 Å². The number of aryl methyl sites for hydroxylation is 1. The summed E-state index contributed by atoms with van der Waals surface area (Å²) in [5.41, 5.74) is 1.28. The van der Waals surface area contributed by atoms with Gasteiger partial charge in [0.05, 0.1) is 5.69 Å². The van der Waals surface area contributed by atoms with E-state index in [1.807, 2.05) is 17.9 Å². The topological polar surface area (TPSA) is 17.8 Å². The molecule has 1 atom stereocenters. The van der Waals surface area contributed by atoms with E-state index in [4.69, 9.17) is 11.6 Å². The fraction of sp³-hybridized carbons (Fsp3) is 0.727. The lowest BCUT2D eigenvalue weighted by Crippen LogP contribution is -2.28. The Morgan fingerprint density at radius 3 is 2.57 bits per heavy atom. The molecule has 1 rings (SSSR count). The molecular weight excluding hydrogens is 196 g/mol. The lowest BCUT2D eigenvalue weighted by atomic mass is 9.77. The number of nitrogens with zero attached hydrogens (tertiary/aromatic N) is 2. The summed E-state index contributed by atoms with van der Waals surface area (Å²) >= 11 is 6.03. The van der Waals surface area contributed by atoms with Gasteiger partial charge in [0.15, 0.2) is 0 Å². The van der Waals surface area contributed by atoms with Crippen LogP contribution in [0.25, 0.3) is 0 Å². The number of halogens is 1. The van der Waals surface area contributed by atoms with E-state index < -0.39 is 0 Å². The molecule has 1 unspecified atom stereocenters. The molecule has 2 nitrogen and oxygen atoms in total. The van der Waals surface area contributed by atoms with Crippen LogP contribution in [0, 0.1) is 11.3 Å². The highest BCUT2D eigenvalue weighted by Gasteiger charge is 2.28. The van der Waals surface area contributed by atoms with E-state index in [2.05, 4.69) is 31.9 Å². The Morgan fingerprint density at radius 1 is 1.57 bits per heavy atom. The van der Waals surface area contributed by atoms with Crippen molar-refractivity contribution in [3.05, 3.63) is 18.0 Å². The van der Waals surface area contributed by atoms with Gasteiger partial charge in [0.1, 0.15) is 0 Å². The monoisotopic (exact) mass is 214 g/mol. The first-order valence-electron chi connectivity index (χ1n) is 5.02. The maximum absolute atomic E-state index is 6.03. The van der Waals surface area contributed by atoms with Crippen LogP contribution < -0.4 is 0 Å². The maximum atomic E-state index is 6.03. The zero-order valence-corrected chi connectivity index (χ0v) is 10.2. The quantitative estimate of drug-likeness (QED) is 0.705. The second-order valence-electron chi connectivity index (χ2n) is 4.60. The zero-order chi connectivity index (χ0) is 10.8. The molecule has 0 radical (unpaired) electrons. The predicted octanol–water partition coefficient (Wildman–Crippen LogP) is 2.86. The molecule has 0 aliphatic rings. The van der Waals surface area contributed by atoms with Crippen molar-refractivity contribution >= 4 is 11.6 Å². The van der Waals surface area contributed by atoms with Gasteiger partial charge in [0.2, 0.25) is 0 Å². The molecular formula is C11H19ClN2. The van der Waals surface area contributed by atoms with E-state index >= 15 is 0 Å². The third-order valence-electron chi connectivity index (χ3n) is 3.05. The van der Waals surface area contributed by atoms with E-state index in [9.17, 15) is 0 Å². The molecule has 3 heteroatoms. The highest BCUT2D eigenvalue weighted by Crippen LogP contribution is 2.31. The number of hydrogen-bond acceptors (Lipinski definition) is 1. The minimum absolute atomic E-state index is 0.149. The van der Waals surface area contributed by atoms with Gasteiger partial charge in [-0.2, -0.15) is 5.10 Å². The Hall–Kier alpha value is -0.500. The summed E-state index contributed by atoms with van der Waals surface area (Å²) in [6, 6.07) is 2.06. The molecule has 80 valence electrons. The Balaban J connectivity index is 2.75. The third kappa shape index (κ3) is 2.50. The van der Waals surface area contributed by atoms with Gasteiger partial charge in [0, 0.05) is 19.1 Å². The molecule has 0 saturated heterocycles. The molecule has 0 saturated carbocycles. The van der Waals surface area contributed by atoms with Crippen LogP contribution in [0.5, 0.6) is 0 Å². The normalized spacial score (nSPS) is 15.9. The summed E-state index contributed by atoms with van der Waals surface area (Å²) in [7, 11) is 1.94. The fourth-order valence-corrected chi connectivity index (χ4v) is 1.78. The van der Waals surface area contributed by atoms with Crippen LogP contribution in [-0.4, -0.2) is 15.7 Å². The fourth-order valence-electron chi connectivity index (χ4n) is 1.38. The summed E-state index contributed by atoms with van der Waals surface area (Å²) in [4.78, 5) is 0. The highest BCUT2D eigenvalue weighted by molar-refractivity contribution is 6.18. The van der Waals surface area contributed by atoms with Gasteiger partial charge in [0.25, 0.3) is 0 Å². The number of hydrogen-bond donors (Lipinski definition) is 0. The van der Waals surface area contributed by atoms with Crippen LogP contribution in [0.1, 0.15) is 26.5 Å². The largest absolute Gasteiger partial charge is 0.276 e. The molecule has 0 aliphatic heterocycles. The van der Waals surface area contributed by atoms with Crippen molar-refractivity contribution in [3.8, 4) is 0 Å². The average molecular weight is 215 g/mol. The summed E-state index contributed by atoms with van der Waals surface area (Å²) in [6.07, 6.45) is 2.93. The molecule has 14 heavy (non-hydrogen) atoms. The zero-order valence-electron chi connectivity index (χ0n) is 9.42. The summed E-state index contributed by atoms with van der Waals surface area (Å²) in [5, 5.41) is 4.38. The van der Waals surface area contributed by atoms with Crippen molar-refractivity contribution in [2.75, 3.05) is 5.88 Å². The van der Waals surface area contributed by atoms with E-state index in [1.165, 1.54) is 0 Å². The van der Waals surface area contributed by atoms with Crippen molar-refractivity contribution in [1.29, 1.82) is 0 Å². The Kier molecular flexibility index (Phi) is 3.59. The molecule has 0 aliphatic carbocycles. The highest BCUT2D eigenvalue weighted by atomic mass is 35.5. The second kappa shape index (κ2) is 4.35. The van der Waals surface area contributed by atoms with Crippen LogP contribution in [-0.2, 0) is 13.5 Å². The molecule has 0 aromatic carbocycles. The predicted molar refractivity (Wildman–Crippen MR) is 60.6 cm³/mol. The summed E-state index contributed by atoms with van der Waals surface area (Å²) in [5.74, 6) is 1.25. The van der Waals surface area contributed by atoms with Gasteiger partial charge >= 0.3 is 0 Å². The van der Waals surface area contributed by atoms with Gasteiger partial charge in [-0.3, -0.25) is 4.68 Å². The van der Waals surface area contributed by atoms with Crippen LogP contribution in [0.3, 0.4) is 0 Å². The minimum Gasteiger partial charge on any atom is -0.276 e. The first-order chi connectivity index (χ1) is 6.48. The average Bonchev–Trinajstić information content (AvgIpc) is 2.50. The molecule has 1 aromatic heterocycles. The van der Waals surface area contributed by atoms with Crippen LogP contribution in [0.4, 0.5) is 0 Å². The van der Waals surface area contributed by atoms with E-state index in [0.29, 0.717) is 11.8 Å². The Morgan fingerprint density at radius 2 is 2.21 bits per heavy atom. The molecule has 1 heterocycles. The van der Waals surface area contributed by atoms with Crippen molar-refractivity contribution < 1.29 is 0 Å². The Labute approximate surface area is 91.3 Å². The maximum Gasteiger partial charge on any atom is 0.0630 e. The summed E-state index contributed by atoms with van der Waals surface area (Å²) < 4.78 is 1.84. The smallest absolute Gasteiger partial charge is 0.0630 e. The lowest BCUT2D eigenvalue weighted by molar-refractivity contribution is 0.250. The standard InChI is InChI=1S/C11H19ClN2/c1-9(2)11(3,8-12)7-10-5-6-14(4)13-10/h5-6,9H,7-8H2,1-4H3. The molecule has 0 bridgehead atoms. The first-order valence-corrected chi connectivity index (χ1v) is 5.56. The Bertz CT molecular complexity index is 293.